The zero-order chi connectivity index (χ0) is 25.6. The smallest absolute Gasteiger partial charge is 0.410 e. The Balaban J connectivity index is 1.34. The number of hydrogen-bond donors (Lipinski definition) is 0. The molecule has 0 spiro atoms. The van der Waals surface area contributed by atoms with Crippen molar-refractivity contribution in [1.29, 1.82) is 0 Å². The summed E-state index contributed by atoms with van der Waals surface area (Å²) in [6, 6.07) is 13.2. The molecule has 3 heterocycles. The van der Waals surface area contributed by atoms with Crippen molar-refractivity contribution in [2.75, 3.05) is 13.1 Å². The monoisotopic (exact) mass is 488 g/mol. The van der Waals surface area contributed by atoms with Gasteiger partial charge in [0.1, 0.15) is 11.4 Å². The first-order valence-corrected chi connectivity index (χ1v) is 12.6. The first-order chi connectivity index (χ1) is 17.2. The molecule has 1 fully saturated rings. The number of fused-ring (bicyclic) bond motifs is 2. The fourth-order valence-electron chi connectivity index (χ4n) is 5.16. The molecule has 3 aromatic rings. The van der Waals surface area contributed by atoms with E-state index in [1.807, 2.05) is 33.8 Å². The van der Waals surface area contributed by atoms with Crippen molar-refractivity contribution in [1.82, 2.24) is 19.4 Å². The number of nitrogens with zero attached hydrogens (tertiary/aromatic N) is 4. The van der Waals surface area contributed by atoms with Crippen LogP contribution in [-0.2, 0) is 17.8 Å². The number of carbonyl (C=O) groups excluding carboxylic acids is 3. The highest BCUT2D eigenvalue weighted by atomic mass is 16.6. The van der Waals surface area contributed by atoms with E-state index in [-0.39, 0.29) is 24.5 Å². The number of carbonyl (C=O) groups is 3. The molecule has 2 aliphatic rings. The van der Waals surface area contributed by atoms with Gasteiger partial charge in [-0.25, -0.2) is 9.78 Å². The summed E-state index contributed by atoms with van der Waals surface area (Å²) in [6.45, 7) is 9.82. The van der Waals surface area contributed by atoms with Crippen molar-refractivity contribution in [3.8, 4) is 0 Å². The molecule has 0 bridgehead atoms. The Kier molecular flexibility index (Phi) is 6.06. The Morgan fingerprint density at radius 1 is 1.03 bits per heavy atom. The molecule has 0 saturated carbocycles. The third kappa shape index (κ3) is 4.36. The van der Waals surface area contributed by atoms with E-state index in [0.717, 1.165) is 23.9 Å². The molecule has 8 heteroatoms. The zero-order valence-electron chi connectivity index (χ0n) is 21.3. The molecule has 0 aliphatic carbocycles. The number of piperidine rings is 1. The average Bonchev–Trinajstić information content (AvgIpc) is 3.32. The molecule has 36 heavy (non-hydrogen) atoms. The highest BCUT2D eigenvalue weighted by Gasteiger charge is 2.36. The van der Waals surface area contributed by atoms with Crippen molar-refractivity contribution in [3.05, 3.63) is 65.0 Å². The molecule has 0 N–H and O–H groups in total. The summed E-state index contributed by atoms with van der Waals surface area (Å²) in [4.78, 5) is 46.0. The topological polar surface area (TPSA) is 84.7 Å². The lowest BCUT2D eigenvalue weighted by molar-refractivity contribution is 0.0204. The van der Waals surface area contributed by atoms with Crippen LogP contribution >= 0.6 is 0 Å². The van der Waals surface area contributed by atoms with Gasteiger partial charge in [-0.3, -0.25) is 14.5 Å². The van der Waals surface area contributed by atoms with Crippen molar-refractivity contribution in [3.63, 3.8) is 0 Å². The predicted molar refractivity (Wildman–Crippen MR) is 136 cm³/mol. The molecule has 0 unspecified atom stereocenters. The first kappa shape index (κ1) is 24.0. The average molecular weight is 489 g/mol. The molecule has 0 radical (unpaired) electrons. The van der Waals surface area contributed by atoms with Crippen LogP contribution < -0.4 is 0 Å². The van der Waals surface area contributed by atoms with Crippen LogP contribution in [0.4, 0.5) is 4.79 Å². The third-order valence-electron chi connectivity index (χ3n) is 6.96. The Bertz CT molecular complexity index is 1310. The van der Waals surface area contributed by atoms with Crippen LogP contribution in [0.25, 0.3) is 11.0 Å². The summed E-state index contributed by atoms with van der Waals surface area (Å²) in [5.74, 6) is 0.484. The van der Waals surface area contributed by atoms with Crippen LogP contribution in [0.15, 0.2) is 42.5 Å². The van der Waals surface area contributed by atoms with Gasteiger partial charge in [-0.2, -0.15) is 0 Å². The molecule has 1 aromatic heterocycles. The largest absolute Gasteiger partial charge is 0.444 e. The minimum absolute atomic E-state index is 0.137. The lowest BCUT2D eigenvalue weighted by Crippen LogP contribution is -2.41. The molecule has 5 rings (SSSR count). The number of rotatable bonds is 4. The van der Waals surface area contributed by atoms with E-state index in [0.29, 0.717) is 42.5 Å². The highest BCUT2D eigenvalue weighted by molar-refractivity contribution is 6.21. The number of ether oxygens (including phenoxy) is 1. The second kappa shape index (κ2) is 9.08. The number of imide groups is 1. The van der Waals surface area contributed by atoms with Gasteiger partial charge in [0.2, 0.25) is 0 Å². The van der Waals surface area contributed by atoms with Crippen molar-refractivity contribution < 1.29 is 19.1 Å². The van der Waals surface area contributed by atoms with Gasteiger partial charge in [-0.1, -0.05) is 18.2 Å². The minimum Gasteiger partial charge on any atom is -0.444 e. The van der Waals surface area contributed by atoms with Crippen LogP contribution in [0.2, 0.25) is 0 Å². The summed E-state index contributed by atoms with van der Waals surface area (Å²) in [7, 11) is 0. The number of imidazole rings is 1. The van der Waals surface area contributed by atoms with Gasteiger partial charge in [0.15, 0.2) is 0 Å². The lowest BCUT2D eigenvalue weighted by Gasteiger charge is -2.33. The van der Waals surface area contributed by atoms with Gasteiger partial charge in [-0.05, 0) is 76.3 Å². The summed E-state index contributed by atoms with van der Waals surface area (Å²) in [5, 5.41) is 0. The van der Waals surface area contributed by atoms with Gasteiger partial charge in [0, 0.05) is 19.6 Å². The SMILES string of the molecule is CCn1c(CN2C(=O)c3ccccc3C2=O)nc2ccc(C3CCN(C(=O)OC(C)(C)C)CC3)cc21. The number of aromatic nitrogens is 2. The molecular weight excluding hydrogens is 456 g/mol. The Morgan fingerprint density at radius 3 is 2.25 bits per heavy atom. The van der Waals surface area contributed by atoms with Gasteiger partial charge in [-0.15, -0.1) is 0 Å². The maximum atomic E-state index is 12.9. The van der Waals surface area contributed by atoms with Crippen LogP contribution in [0, 0.1) is 0 Å². The van der Waals surface area contributed by atoms with Gasteiger partial charge in [0.25, 0.3) is 11.8 Å². The van der Waals surface area contributed by atoms with Crippen LogP contribution in [0.3, 0.4) is 0 Å². The Morgan fingerprint density at radius 2 is 1.67 bits per heavy atom. The van der Waals surface area contributed by atoms with E-state index in [1.165, 1.54) is 10.5 Å². The van der Waals surface area contributed by atoms with Crippen LogP contribution in [-0.4, -0.2) is 55.9 Å². The standard InChI is InChI=1S/C28H32N4O4/c1-5-31-23-16-19(18-12-14-30(15-13-18)27(35)36-28(2,3)4)10-11-22(23)29-24(31)17-32-25(33)20-8-6-7-9-21(20)26(32)34/h6-11,16,18H,5,12-15,17H2,1-4H3. The van der Waals surface area contributed by atoms with Crippen LogP contribution in [0.5, 0.6) is 0 Å². The van der Waals surface area contributed by atoms with Crippen molar-refractivity contribution >= 4 is 28.9 Å². The Hall–Kier alpha value is -3.68. The molecule has 3 amide bonds. The van der Waals surface area contributed by atoms with E-state index < -0.39 is 5.60 Å². The van der Waals surface area contributed by atoms with E-state index in [9.17, 15) is 14.4 Å². The number of hydrogen-bond acceptors (Lipinski definition) is 5. The number of amides is 3. The summed E-state index contributed by atoms with van der Waals surface area (Å²) >= 11 is 0. The summed E-state index contributed by atoms with van der Waals surface area (Å²) in [5.41, 5.74) is 3.45. The summed E-state index contributed by atoms with van der Waals surface area (Å²) in [6.07, 6.45) is 1.48. The molecule has 2 aromatic carbocycles. The van der Waals surface area contributed by atoms with Gasteiger partial charge < -0.3 is 14.2 Å². The fraction of sp³-hybridized carbons (Fsp3) is 0.429. The molecule has 8 nitrogen and oxygen atoms in total. The maximum Gasteiger partial charge on any atom is 0.410 e. The van der Waals surface area contributed by atoms with Gasteiger partial charge >= 0.3 is 6.09 Å². The normalized spacial score (nSPS) is 16.7. The zero-order valence-corrected chi connectivity index (χ0v) is 21.3. The second-order valence-electron chi connectivity index (χ2n) is 10.5. The quantitative estimate of drug-likeness (QED) is 0.484. The predicted octanol–water partition coefficient (Wildman–Crippen LogP) is 4.97. The Labute approximate surface area is 210 Å². The van der Waals surface area contributed by atoms with Crippen molar-refractivity contribution in [2.45, 2.75) is 65.1 Å². The lowest BCUT2D eigenvalue weighted by atomic mass is 9.89. The maximum absolute atomic E-state index is 12.9. The molecule has 1 saturated heterocycles. The van der Waals surface area contributed by atoms with Crippen molar-refractivity contribution in [2.24, 2.45) is 0 Å². The molecular formula is C28H32N4O4. The van der Waals surface area contributed by atoms with E-state index >= 15 is 0 Å². The van der Waals surface area contributed by atoms with E-state index in [4.69, 9.17) is 9.72 Å². The minimum atomic E-state index is -0.498. The van der Waals surface area contributed by atoms with E-state index in [2.05, 4.69) is 16.7 Å². The number of likely N-dealkylation sites (tertiary alicyclic amines) is 1. The molecule has 188 valence electrons. The molecule has 2 aliphatic heterocycles. The van der Waals surface area contributed by atoms with E-state index in [1.54, 1.807) is 29.2 Å². The van der Waals surface area contributed by atoms with Crippen LogP contribution in [0.1, 0.15) is 78.6 Å². The summed E-state index contributed by atoms with van der Waals surface area (Å²) < 4.78 is 7.60. The number of aryl methyl sites for hydroxylation is 1. The fourth-order valence-corrected chi connectivity index (χ4v) is 5.16. The number of benzene rings is 2. The third-order valence-corrected chi connectivity index (χ3v) is 6.96. The highest BCUT2D eigenvalue weighted by Crippen LogP contribution is 2.32. The molecule has 0 atom stereocenters. The second-order valence-corrected chi connectivity index (χ2v) is 10.5. The van der Waals surface area contributed by atoms with Gasteiger partial charge in [0.05, 0.1) is 28.7 Å². The first-order valence-electron chi connectivity index (χ1n) is 12.6.